The Labute approximate surface area is 78.6 Å². The number of nitrogens with one attached hydrogen (secondary N) is 1. The third-order valence-electron chi connectivity index (χ3n) is 0.905. The molecular weight excluding hydrogens is 149 g/mol. The van der Waals surface area contributed by atoms with Crippen molar-refractivity contribution in [2.45, 2.75) is 19.1 Å². The average molecular weight is 161 g/mol. The molecule has 0 unspecified atom stereocenters. The Bertz CT molecular complexity index is 152. The first-order valence-electron chi connectivity index (χ1n) is 2.43. The predicted molar refractivity (Wildman–Crippen MR) is 40.3 cm³/mol. The van der Waals surface area contributed by atoms with E-state index in [2.05, 4.69) is 4.72 Å². The molecule has 0 aliphatic heterocycles. The van der Waals surface area contributed by atoms with E-state index in [9.17, 15) is 8.42 Å². The Hall–Kier alpha value is 0.910. The van der Waals surface area contributed by atoms with E-state index in [1.54, 1.807) is 13.8 Å². The number of rotatable bonds is 2. The van der Waals surface area contributed by atoms with Crippen molar-refractivity contribution in [3.8, 4) is 0 Å². The molecule has 52 valence electrons. The van der Waals surface area contributed by atoms with Crippen molar-refractivity contribution in [2.75, 3.05) is 7.05 Å². The van der Waals surface area contributed by atoms with E-state index in [1.807, 2.05) is 0 Å². The Morgan fingerprint density at radius 1 is 1.33 bits per heavy atom. The minimum absolute atomic E-state index is 0. The Morgan fingerprint density at radius 3 is 1.67 bits per heavy atom. The van der Waals surface area contributed by atoms with Crippen molar-refractivity contribution in [2.24, 2.45) is 0 Å². The van der Waals surface area contributed by atoms with Gasteiger partial charge < -0.3 is 0 Å². The zero-order valence-electron chi connectivity index (χ0n) is 5.30. The van der Waals surface area contributed by atoms with Crippen LogP contribution < -0.4 is 4.72 Å². The van der Waals surface area contributed by atoms with E-state index in [4.69, 9.17) is 0 Å². The van der Waals surface area contributed by atoms with Crippen molar-refractivity contribution in [3.63, 3.8) is 0 Å². The molecule has 1 N–H and O–H groups in total. The fourth-order valence-electron chi connectivity index (χ4n) is 0.236. The SMILES string of the molecule is CNS(=O)(=O)C(C)C.[NaH]. The fraction of sp³-hybridized carbons (Fsp3) is 1.00. The van der Waals surface area contributed by atoms with Gasteiger partial charge in [0.25, 0.3) is 0 Å². The molecular formula is C4H12NNaO2S. The molecule has 0 aliphatic carbocycles. The van der Waals surface area contributed by atoms with Crippen LogP contribution in [0.25, 0.3) is 0 Å². The molecule has 0 bridgehead atoms. The molecule has 0 amide bonds. The van der Waals surface area contributed by atoms with Gasteiger partial charge in [0.2, 0.25) is 10.0 Å². The third-order valence-corrected chi connectivity index (χ3v) is 2.72. The van der Waals surface area contributed by atoms with E-state index >= 15 is 0 Å². The van der Waals surface area contributed by atoms with Crippen LogP contribution in [0.1, 0.15) is 13.8 Å². The fourth-order valence-corrected chi connectivity index (χ4v) is 0.707. The molecule has 0 saturated heterocycles. The molecule has 0 spiro atoms. The Morgan fingerprint density at radius 2 is 1.67 bits per heavy atom. The van der Waals surface area contributed by atoms with Crippen molar-refractivity contribution >= 4 is 39.6 Å². The molecule has 0 aliphatic rings. The van der Waals surface area contributed by atoms with Crippen LogP contribution in [0.3, 0.4) is 0 Å². The summed E-state index contributed by atoms with van der Waals surface area (Å²) in [7, 11) is -1.57. The Kier molecular flexibility index (Phi) is 6.54. The summed E-state index contributed by atoms with van der Waals surface area (Å²) in [5.74, 6) is 0. The maximum atomic E-state index is 10.6. The van der Waals surface area contributed by atoms with E-state index in [1.165, 1.54) is 7.05 Å². The first kappa shape index (κ1) is 12.6. The second-order valence-electron chi connectivity index (χ2n) is 1.80. The summed E-state index contributed by atoms with van der Waals surface area (Å²) in [6, 6.07) is 0. The molecule has 5 heteroatoms. The molecule has 3 nitrogen and oxygen atoms in total. The van der Waals surface area contributed by atoms with Gasteiger partial charge in [-0.15, -0.1) is 0 Å². The predicted octanol–water partition coefficient (Wildman–Crippen LogP) is -0.705. The topological polar surface area (TPSA) is 46.2 Å². The zero-order valence-corrected chi connectivity index (χ0v) is 6.12. The van der Waals surface area contributed by atoms with Crippen molar-refractivity contribution in [1.82, 2.24) is 4.72 Å². The molecule has 0 fully saturated rings. The molecule has 0 radical (unpaired) electrons. The van der Waals surface area contributed by atoms with Crippen molar-refractivity contribution in [3.05, 3.63) is 0 Å². The molecule has 0 aromatic carbocycles. The summed E-state index contributed by atoms with van der Waals surface area (Å²) in [4.78, 5) is 0. The van der Waals surface area contributed by atoms with Gasteiger partial charge in [0, 0.05) is 0 Å². The van der Waals surface area contributed by atoms with E-state index < -0.39 is 10.0 Å². The van der Waals surface area contributed by atoms with Gasteiger partial charge in [-0.25, -0.2) is 13.1 Å². The number of hydrogen-bond acceptors (Lipinski definition) is 2. The van der Waals surface area contributed by atoms with Gasteiger partial charge in [0.05, 0.1) is 5.25 Å². The van der Waals surface area contributed by atoms with Gasteiger partial charge in [-0.05, 0) is 20.9 Å². The van der Waals surface area contributed by atoms with Crippen molar-refractivity contribution < 1.29 is 8.42 Å². The van der Waals surface area contributed by atoms with Gasteiger partial charge in [0.15, 0.2) is 0 Å². The second-order valence-corrected chi connectivity index (χ2v) is 4.24. The van der Waals surface area contributed by atoms with Crippen molar-refractivity contribution in [1.29, 1.82) is 0 Å². The van der Waals surface area contributed by atoms with Gasteiger partial charge in [-0.2, -0.15) is 0 Å². The van der Waals surface area contributed by atoms with E-state index in [-0.39, 0.29) is 34.8 Å². The van der Waals surface area contributed by atoms with Crippen LogP contribution in [0.2, 0.25) is 0 Å². The van der Waals surface area contributed by atoms with Crippen LogP contribution in [0.5, 0.6) is 0 Å². The monoisotopic (exact) mass is 161 g/mol. The van der Waals surface area contributed by atoms with Crippen LogP contribution in [-0.2, 0) is 10.0 Å². The quantitative estimate of drug-likeness (QED) is 0.544. The number of sulfonamides is 1. The zero-order chi connectivity index (χ0) is 6.78. The first-order chi connectivity index (χ1) is 3.50. The normalized spacial score (nSPS) is 11.1. The summed E-state index contributed by atoms with van der Waals surface area (Å²) in [6.45, 7) is 3.26. The molecule has 0 aromatic rings. The van der Waals surface area contributed by atoms with Crippen LogP contribution in [0.15, 0.2) is 0 Å². The standard InChI is InChI=1S/C4H11NO2S.Na.H/c1-4(2)8(6,7)5-3;;/h4-5H,1-3H3;;. The van der Waals surface area contributed by atoms with Crippen LogP contribution in [-0.4, -0.2) is 50.3 Å². The summed E-state index contributed by atoms with van der Waals surface area (Å²) >= 11 is 0. The number of hydrogen-bond donors (Lipinski definition) is 1. The van der Waals surface area contributed by atoms with E-state index in [0.717, 1.165) is 0 Å². The summed E-state index contributed by atoms with van der Waals surface area (Å²) in [5.41, 5.74) is 0. The van der Waals surface area contributed by atoms with Gasteiger partial charge in [0.1, 0.15) is 0 Å². The molecule has 0 rings (SSSR count). The third kappa shape index (κ3) is 4.33. The van der Waals surface area contributed by atoms with Crippen LogP contribution in [0.4, 0.5) is 0 Å². The molecule has 9 heavy (non-hydrogen) atoms. The van der Waals surface area contributed by atoms with Gasteiger partial charge in [-0.3, -0.25) is 0 Å². The second kappa shape index (κ2) is 4.68. The van der Waals surface area contributed by atoms with E-state index in [0.29, 0.717) is 0 Å². The van der Waals surface area contributed by atoms with Crippen LogP contribution >= 0.6 is 0 Å². The molecule has 0 saturated carbocycles. The Balaban J connectivity index is 0. The summed E-state index contributed by atoms with van der Waals surface area (Å²) in [5, 5.41) is -0.326. The average Bonchev–Trinajstić information content (AvgIpc) is 1.67. The minimum atomic E-state index is -2.99. The molecule has 0 atom stereocenters. The van der Waals surface area contributed by atoms with Gasteiger partial charge >= 0.3 is 29.6 Å². The van der Waals surface area contributed by atoms with Crippen LogP contribution in [0, 0.1) is 0 Å². The van der Waals surface area contributed by atoms with Gasteiger partial charge in [-0.1, -0.05) is 0 Å². The molecule has 0 heterocycles. The summed E-state index contributed by atoms with van der Waals surface area (Å²) < 4.78 is 23.4. The molecule has 0 aromatic heterocycles. The maximum absolute atomic E-state index is 10.6. The first-order valence-corrected chi connectivity index (χ1v) is 3.97. The summed E-state index contributed by atoms with van der Waals surface area (Å²) in [6.07, 6.45) is 0.